The summed E-state index contributed by atoms with van der Waals surface area (Å²) in [6, 6.07) is 13.1. The van der Waals surface area contributed by atoms with Crippen LogP contribution >= 0.6 is 11.3 Å². The normalized spacial score (nSPS) is 14.1. The van der Waals surface area contributed by atoms with Crippen LogP contribution in [0.1, 0.15) is 36.4 Å². The average Bonchev–Trinajstić information content (AvgIpc) is 3.03. The van der Waals surface area contributed by atoms with Gasteiger partial charge in [-0.05, 0) is 50.0 Å². The lowest BCUT2D eigenvalue weighted by Gasteiger charge is -2.32. The van der Waals surface area contributed by atoms with Crippen molar-refractivity contribution in [2.45, 2.75) is 25.9 Å². The van der Waals surface area contributed by atoms with Crippen molar-refractivity contribution in [2.75, 3.05) is 20.2 Å². The highest BCUT2D eigenvalue weighted by Gasteiger charge is 2.22. The number of nitrogens with zero attached hydrogens (tertiary/aromatic N) is 1. The quantitative estimate of drug-likeness (QED) is 0.844. The molecule has 2 atom stereocenters. The molecule has 0 saturated carbocycles. The summed E-state index contributed by atoms with van der Waals surface area (Å²) in [5.41, 5.74) is 7.25. The Morgan fingerprint density at radius 2 is 1.95 bits per heavy atom. The molecule has 21 heavy (non-hydrogen) atoms. The lowest BCUT2D eigenvalue weighted by Crippen LogP contribution is -2.32. The summed E-state index contributed by atoms with van der Waals surface area (Å²) < 4.78 is 5.50. The third-order valence-corrected chi connectivity index (χ3v) is 4.90. The molecular formula is C17H24N2OS. The zero-order chi connectivity index (χ0) is 15.2. The molecule has 0 radical (unpaired) electrons. The molecule has 0 fully saturated rings. The topological polar surface area (TPSA) is 38.5 Å². The molecule has 2 N–H and O–H groups in total. The number of hydrogen-bond acceptors (Lipinski definition) is 4. The van der Waals surface area contributed by atoms with Crippen molar-refractivity contribution in [3.63, 3.8) is 0 Å². The minimum absolute atomic E-state index is 0.206. The third-order valence-electron chi connectivity index (χ3n) is 3.86. The smallest absolute Gasteiger partial charge is 0.119 e. The molecule has 0 aliphatic heterocycles. The van der Waals surface area contributed by atoms with E-state index in [1.165, 1.54) is 10.4 Å². The van der Waals surface area contributed by atoms with Crippen LogP contribution in [0.5, 0.6) is 5.75 Å². The predicted octanol–water partition coefficient (Wildman–Crippen LogP) is 3.84. The highest BCUT2D eigenvalue weighted by molar-refractivity contribution is 7.10. The third kappa shape index (κ3) is 3.84. The van der Waals surface area contributed by atoms with Crippen LogP contribution in [-0.2, 0) is 0 Å². The number of hydrogen-bond donors (Lipinski definition) is 1. The van der Waals surface area contributed by atoms with Crippen molar-refractivity contribution in [3.05, 3.63) is 52.2 Å². The fourth-order valence-electron chi connectivity index (χ4n) is 2.49. The van der Waals surface area contributed by atoms with Gasteiger partial charge < -0.3 is 10.5 Å². The zero-order valence-electron chi connectivity index (χ0n) is 13.0. The van der Waals surface area contributed by atoms with Gasteiger partial charge in [-0.2, -0.15) is 0 Å². The van der Waals surface area contributed by atoms with E-state index in [0.717, 1.165) is 5.75 Å². The molecule has 0 spiro atoms. The molecule has 2 unspecified atom stereocenters. The monoisotopic (exact) mass is 304 g/mol. The SMILES string of the molecule is CCOc1ccc(C(CN)N(C)C(C)c2cccs2)cc1. The van der Waals surface area contributed by atoms with Crippen molar-refractivity contribution in [3.8, 4) is 5.75 Å². The number of nitrogens with two attached hydrogens (primary N) is 1. The van der Waals surface area contributed by atoms with Crippen LogP contribution in [0.15, 0.2) is 41.8 Å². The summed E-state index contributed by atoms with van der Waals surface area (Å²) in [6.07, 6.45) is 0. The molecule has 0 saturated heterocycles. The second-order valence-electron chi connectivity index (χ2n) is 5.11. The van der Waals surface area contributed by atoms with Crippen LogP contribution in [0.3, 0.4) is 0 Å². The van der Waals surface area contributed by atoms with E-state index < -0.39 is 0 Å². The van der Waals surface area contributed by atoms with Crippen molar-refractivity contribution in [1.82, 2.24) is 4.90 Å². The number of benzene rings is 1. The highest BCUT2D eigenvalue weighted by atomic mass is 32.1. The largest absolute Gasteiger partial charge is 0.494 e. The molecule has 0 aliphatic rings. The maximum atomic E-state index is 6.02. The highest BCUT2D eigenvalue weighted by Crippen LogP contribution is 2.31. The Hall–Kier alpha value is -1.36. The Labute approximate surface area is 131 Å². The van der Waals surface area contributed by atoms with Gasteiger partial charge in [0.05, 0.1) is 6.61 Å². The summed E-state index contributed by atoms with van der Waals surface area (Å²) in [6.45, 7) is 5.51. The van der Waals surface area contributed by atoms with Crippen LogP contribution in [0.4, 0.5) is 0 Å². The van der Waals surface area contributed by atoms with Gasteiger partial charge in [0.15, 0.2) is 0 Å². The van der Waals surface area contributed by atoms with E-state index in [1.54, 1.807) is 11.3 Å². The minimum atomic E-state index is 0.206. The van der Waals surface area contributed by atoms with Gasteiger partial charge in [-0.15, -0.1) is 11.3 Å². The zero-order valence-corrected chi connectivity index (χ0v) is 13.8. The summed E-state index contributed by atoms with van der Waals surface area (Å²) in [4.78, 5) is 3.70. The van der Waals surface area contributed by atoms with Crippen LogP contribution in [-0.4, -0.2) is 25.1 Å². The number of thiophene rings is 1. The molecule has 0 bridgehead atoms. The molecule has 1 aromatic heterocycles. The second kappa shape index (κ2) is 7.59. The fourth-order valence-corrected chi connectivity index (χ4v) is 3.32. The number of likely N-dealkylation sites (N-methyl/N-ethyl adjacent to an activating group) is 1. The first kappa shape index (κ1) is 16.0. The van der Waals surface area contributed by atoms with Gasteiger partial charge in [0.1, 0.15) is 5.75 Å². The molecule has 0 aliphatic carbocycles. The number of rotatable bonds is 7. The summed E-state index contributed by atoms with van der Waals surface area (Å²) in [5.74, 6) is 0.908. The first-order valence-corrected chi connectivity index (χ1v) is 8.23. The van der Waals surface area contributed by atoms with Gasteiger partial charge >= 0.3 is 0 Å². The van der Waals surface area contributed by atoms with Gasteiger partial charge in [0.25, 0.3) is 0 Å². The van der Waals surface area contributed by atoms with Gasteiger partial charge in [-0.25, -0.2) is 0 Å². The first-order valence-electron chi connectivity index (χ1n) is 7.35. The Bertz CT molecular complexity index is 524. The molecule has 2 rings (SSSR count). The summed E-state index contributed by atoms with van der Waals surface area (Å²) in [5, 5.41) is 2.12. The van der Waals surface area contributed by atoms with E-state index in [4.69, 9.17) is 10.5 Å². The maximum Gasteiger partial charge on any atom is 0.119 e. The van der Waals surface area contributed by atoms with E-state index in [-0.39, 0.29) is 6.04 Å². The van der Waals surface area contributed by atoms with Crippen LogP contribution in [0.25, 0.3) is 0 Å². The molecule has 4 heteroatoms. The molecule has 0 amide bonds. The van der Waals surface area contributed by atoms with Crippen LogP contribution in [0, 0.1) is 0 Å². The van der Waals surface area contributed by atoms with Crippen molar-refractivity contribution in [2.24, 2.45) is 5.73 Å². The summed E-state index contributed by atoms with van der Waals surface area (Å²) >= 11 is 1.79. The van der Waals surface area contributed by atoms with E-state index in [0.29, 0.717) is 19.2 Å². The Balaban J connectivity index is 2.14. The second-order valence-corrected chi connectivity index (χ2v) is 6.09. The Kier molecular flexibility index (Phi) is 5.79. The predicted molar refractivity (Wildman–Crippen MR) is 89.9 cm³/mol. The van der Waals surface area contributed by atoms with Crippen molar-refractivity contribution in [1.29, 1.82) is 0 Å². The molecule has 1 aromatic carbocycles. The molecule has 114 valence electrons. The van der Waals surface area contributed by atoms with E-state index >= 15 is 0 Å². The van der Waals surface area contributed by atoms with Crippen molar-refractivity contribution < 1.29 is 4.74 Å². The van der Waals surface area contributed by atoms with Crippen molar-refractivity contribution >= 4 is 11.3 Å². The number of ether oxygens (including phenoxy) is 1. The van der Waals surface area contributed by atoms with Gasteiger partial charge in [0, 0.05) is 23.5 Å². The molecule has 1 heterocycles. The lowest BCUT2D eigenvalue weighted by molar-refractivity contribution is 0.192. The average molecular weight is 304 g/mol. The van der Waals surface area contributed by atoms with E-state index in [9.17, 15) is 0 Å². The maximum absolute atomic E-state index is 6.02. The van der Waals surface area contributed by atoms with Crippen LogP contribution in [0.2, 0.25) is 0 Å². The van der Waals surface area contributed by atoms with Crippen LogP contribution < -0.4 is 10.5 Å². The molecule has 3 nitrogen and oxygen atoms in total. The standard InChI is InChI=1S/C17H24N2OS/c1-4-20-15-9-7-14(8-10-15)16(12-18)19(3)13(2)17-6-5-11-21-17/h5-11,13,16H,4,12,18H2,1-3H3. The summed E-state index contributed by atoms with van der Waals surface area (Å²) in [7, 11) is 2.14. The van der Waals surface area contributed by atoms with Gasteiger partial charge in [0.2, 0.25) is 0 Å². The van der Waals surface area contributed by atoms with E-state index in [1.807, 2.05) is 19.1 Å². The first-order chi connectivity index (χ1) is 10.2. The molecule has 2 aromatic rings. The Morgan fingerprint density at radius 3 is 2.48 bits per heavy atom. The van der Waals surface area contributed by atoms with Gasteiger partial charge in [-0.1, -0.05) is 18.2 Å². The van der Waals surface area contributed by atoms with E-state index in [2.05, 4.69) is 48.5 Å². The lowest BCUT2D eigenvalue weighted by atomic mass is 10.0. The van der Waals surface area contributed by atoms with Gasteiger partial charge in [-0.3, -0.25) is 4.90 Å². The fraction of sp³-hybridized carbons (Fsp3) is 0.412. The molecular weight excluding hydrogens is 280 g/mol. The Morgan fingerprint density at radius 1 is 1.24 bits per heavy atom. The minimum Gasteiger partial charge on any atom is -0.494 e.